The summed E-state index contributed by atoms with van der Waals surface area (Å²) < 4.78 is 7.24. The first-order chi connectivity index (χ1) is 10.6. The number of benzene rings is 1. The van der Waals surface area contributed by atoms with Crippen LogP contribution in [0.25, 0.3) is 5.69 Å². The number of carbonyl (C=O) groups is 1. The molecule has 3 rings (SSSR count). The van der Waals surface area contributed by atoms with E-state index < -0.39 is 0 Å². The summed E-state index contributed by atoms with van der Waals surface area (Å²) in [5, 5.41) is 4.77. The van der Waals surface area contributed by atoms with Crippen molar-refractivity contribution in [2.24, 2.45) is 5.92 Å². The van der Waals surface area contributed by atoms with Gasteiger partial charge in [0.15, 0.2) is 5.78 Å². The minimum atomic E-state index is 0.242. The van der Waals surface area contributed by atoms with E-state index in [4.69, 9.17) is 9.84 Å². The summed E-state index contributed by atoms with van der Waals surface area (Å²) in [5.74, 6) is 1.52. The zero-order valence-corrected chi connectivity index (χ0v) is 13.4. The third-order valence-corrected chi connectivity index (χ3v) is 4.05. The second-order valence-electron chi connectivity index (χ2n) is 6.26. The summed E-state index contributed by atoms with van der Waals surface area (Å²) in [5.41, 5.74) is 3.82. The molecule has 1 heterocycles. The van der Waals surface area contributed by atoms with Crippen molar-refractivity contribution in [2.75, 3.05) is 7.11 Å². The highest BCUT2D eigenvalue weighted by molar-refractivity contribution is 5.99. The Morgan fingerprint density at radius 3 is 2.86 bits per heavy atom. The normalized spacial score (nSPS) is 14.3. The number of hydrogen-bond donors (Lipinski definition) is 0. The molecule has 0 amide bonds. The smallest absolute Gasteiger partial charge is 0.166 e. The number of aromatic nitrogens is 2. The van der Waals surface area contributed by atoms with Gasteiger partial charge in [-0.1, -0.05) is 19.9 Å². The molecule has 1 aliphatic rings. The van der Waals surface area contributed by atoms with Crippen LogP contribution in [0.15, 0.2) is 24.3 Å². The summed E-state index contributed by atoms with van der Waals surface area (Å²) >= 11 is 0. The van der Waals surface area contributed by atoms with Crippen molar-refractivity contribution in [3.05, 3.63) is 41.2 Å². The van der Waals surface area contributed by atoms with Gasteiger partial charge in [0, 0.05) is 12.5 Å². The Kier molecular flexibility index (Phi) is 4.01. The molecule has 4 nitrogen and oxygen atoms in total. The van der Waals surface area contributed by atoms with Crippen LogP contribution in [-0.2, 0) is 12.8 Å². The molecule has 0 atom stereocenters. The van der Waals surface area contributed by atoms with Gasteiger partial charge in [-0.05, 0) is 37.3 Å². The number of methoxy groups -OCH3 is 1. The van der Waals surface area contributed by atoms with Gasteiger partial charge in [-0.15, -0.1) is 0 Å². The van der Waals surface area contributed by atoms with E-state index in [1.807, 2.05) is 28.9 Å². The Morgan fingerprint density at radius 1 is 1.32 bits per heavy atom. The van der Waals surface area contributed by atoms with Gasteiger partial charge in [-0.25, -0.2) is 4.68 Å². The summed E-state index contributed by atoms with van der Waals surface area (Å²) in [7, 11) is 1.66. The van der Waals surface area contributed by atoms with Crippen LogP contribution in [0, 0.1) is 5.92 Å². The van der Waals surface area contributed by atoms with Gasteiger partial charge in [0.05, 0.1) is 29.7 Å². The molecule has 0 N–H and O–H groups in total. The number of rotatable bonds is 4. The molecule has 0 radical (unpaired) electrons. The summed E-state index contributed by atoms with van der Waals surface area (Å²) in [6.45, 7) is 4.31. The Morgan fingerprint density at radius 2 is 2.14 bits per heavy atom. The molecule has 0 saturated heterocycles. The van der Waals surface area contributed by atoms with Gasteiger partial charge < -0.3 is 4.74 Å². The first-order valence-electron chi connectivity index (χ1n) is 7.88. The molecule has 1 aromatic heterocycles. The lowest BCUT2D eigenvalue weighted by atomic mass is 9.92. The van der Waals surface area contributed by atoms with E-state index in [-0.39, 0.29) is 5.78 Å². The molecular weight excluding hydrogens is 276 g/mol. The SMILES string of the molecule is COc1cccc(-n2nc(CC(C)C)c3c2CCCC3=O)c1. The molecule has 22 heavy (non-hydrogen) atoms. The van der Waals surface area contributed by atoms with Crippen molar-refractivity contribution >= 4 is 5.78 Å². The number of ether oxygens (including phenoxy) is 1. The van der Waals surface area contributed by atoms with E-state index in [9.17, 15) is 4.79 Å². The predicted octanol–water partition coefficient (Wildman–Crippen LogP) is 3.60. The second kappa shape index (κ2) is 5.95. The van der Waals surface area contributed by atoms with Crippen LogP contribution in [0.2, 0.25) is 0 Å². The van der Waals surface area contributed by atoms with Gasteiger partial charge in [-0.3, -0.25) is 4.79 Å². The number of fused-ring (bicyclic) bond motifs is 1. The Hall–Kier alpha value is -2.10. The van der Waals surface area contributed by atoms with Crippen molar-refractivity contribution in [1.82, 2.24) is 9.78 Å². The molecule has 1 aromatic carbocycles. The van der Waals surface area contributed by atoms with Gasteiger partial charge >= 0.3 is 0 Å². The summed E-state index contributed by atoms with van der Waals surface area (Å²) in [6, 6.07) is 7.84. The van der Waals surface area contributed by atoms with E-state index in [0.717, 1.165) is 47.7 Å². The molecule has 116 valence electrons. The number of hydrogen-bond acceptors (Lipinski definition) is 3. The fraction of sp³-hybridized carbons (Fsp3) is 0.444. The van der Waals surface area contributed by atoms with Crippen LogP contribution in [0.5, 0.6) is 5.75 Å². The van der Waals surface area contributed by atoms with E-state index >= 15 is 0 Å². The molecule has 1 aliphatic carbocycles. The topological polar surface area (TPSA) is 44.1 Å². The monoisotopic (exact) mass is 298 g/mol. The maximum atomic E-state index is 12.4. The quantitative estimate of drug-likeness (QED) is 0.866. The van der Waals surface area contributed by atoms with Crippen LogP contribution in [-0.4, -0.2) is 22.7 Å². The van der Waals surface area contributed by atoms with Crippen molar-refractivity contribution in [3.63, 3.8) is 0 Å². The van der Waals surface area contributed by atoms with Gasteiger partial charge in [0.2, 0.25) is 0 Å². The van der Waals surface area contributed by atoms with Crippen molar-refractivity contribution in [1.29, 1.82) is 0 Å². The predicted molar refractivity (Wildman–Crippen MR) is 85.9 cm³/mol. The van der Waals surface area contributed by atoms with Gasteiger partial charge in [0.25, 0.3) is 0 Å². The van der Waals surface area contributed by atoms with Crippen LogP contribution >= 0.6 is 0 Å². The minimum Gasteiger partial charge on any atom is -0.497 e. The zero-order valence-electron chi connectivity index (χ0n) is 13.4. The molecule has 0 fully saturated rings. The standard InChI is InChI=1S/C18H22N2O2/c1-12(2)10-15-18-16(8-5-9-17(18)21)20(19-15)13-6-4-7-14(11-13)22-3/h4,6-7,11-12H,5,8-10H2,1-3H3. The third-order valence-electron chi connectivity index (χ3n) is 4.05. The summed E-state index contributed by atoms with van der Waals surface area (Å²) in [4.78, 5) is 12.4. The van der Waals surface area contributed by atoms with E-state index in [0.29, 0.717) is 12.3 Å². The van der Waals surface area contributed by atoms with Crippen molar-refractivity contribution < 1.29 is 9.53 Å². The second-order valence-corrected chi connectivity index (χ2v) is 6.26. The molecule has 2 aromatic rings. The number of nitrogens with zero attached hydrogens (tertiary/aromatic N) is 2. The first-order valence-corrected chi connectivity index (χ1v) is 7.88. The van der Waals surface area contributed by atoms with Crippen LogP contribution in [0.3, 0.4) is 0 Å². The van der Waals surface area contributed by atoms with E-state index in [2.05, 4.69) is 13.8 Å². The lowest BCUT2D eigenvalue weighted by Crippen LogP contribution is -2.14. The molecule has 0 saturated carbocycles. The lowest BCUT2D eigenvalue weighted by Gasteiger charge is -2.14. The van der Waals surface area contributed by atoms with Crippen molar-refractivity contribution in [3.8, 4) is 11.4 Å². The average molecular weight is 298 g/mol. The molecule has 0 unspecified atom stereocenters. The van der Waals surface area contributed by atoms with Crippen molar-refractivity contribution in [2.45, 2.75) is 39.5 Å². The lowest BCUT2D eigenvalue weighted by molar-refractivity contribution is 0.0971. The highest BCUT2D eigenvalue weighted by Crippen LogP contribution is 2.29. The highest BCUT2D eigenvalue weighted by atomic mass is 16.5. The number of carbonyl (C=O) groups excluding carboxylic acids is 1. The molecule has 0 bridgehead atoms. The Labute approximate surface area is 131 Å². The molecule has 0 spiro atoms. The fourth-order valence-electron chi connectivity index (χ4n) is 3.08. The Balaban J connectivity index is 2.13. The average Bonchev–Trinajstić information content (AvgIpc) is 2.86. The van der Waals surface area contributed by atoms with Crippen LogP contribution < -0.4 is 4.74 Å². The minimum absolute atomic E-state index is 0.242. The summed E-state index contributed by atoms with van der Waals surface area (Å²) in [6.07, 6.45) is 3.29. The fourth-order valence-corrected chi connectivity index (χ4v) is 3.08. The zero-order chi connectivity index (χ0) is 15.7. The number of Topliss-reactive ketones (excluding diaryl/α,β-unsaturated/α-hetero) is 1. The molecule has 4 heteroatoms. The molecule has 0 aliphatic heterocycles. The van der Waals surface area contributed by atoms with E-state index in [1.54, 1.807) is 7.11 Å². The maximum Gasteiger partial charge on any atom is 0.166 e. The van der Waals surface area contributed by atoms with Gasteiger partial charge in [0.1, 0.15) is 5.75 Å². The van der Waals surface area contributed by atoms with Crippen LogP contribution in [0.4, 0.5) is 0 Å². The van der Waals surface area contributed by atoms with E-state index in [1.165, 1.54) is 0 Å². The number of ketones is 1. The third kappa shape index (κ3) is 2.65. The Bertz CT molecular complexity index is 701. The maximum absolute atomic E-state index is 12.4. The van der Waals surface area contributed by atoms with Gasteiger partial charge in [-0.2, -0.15) is 5.10 Å². The highest BCUT2D eigenvalue weighted by Gasteiger charge is 2.27. The molecular formula is C18H22N2O2. The largest absolute Gasteiger partial charge is 0.497 e. The first kappa shape index (κ1) is 14.8. The van der Waals surface area contributed by atoms with Crippen LogP contribution in [0.1, 0.15) is 48.4 Å².